The first-order valence-corrected chi connectivity index (χ1v) is 9.55. The zero-order chi connectivity index (χ0) is 17.7. The lowest BCUT2D eigenvalue weighted by molar-refractivity contribution is -0.138. The smallest absolute Gasteiger partial charge is 0.350 e. The summed E-state index contributed by atoms with van der Waals surface area (Å²) >= 11 is 0. The minimum absolute atomic E-state index is 0.0542. The van der Waals surface area contributed by atoms with Crippen LogP contribution in [0.25, 0.3) is 0 Å². The highest BCUT2D eigenvalue weighted by Gasteiger charge is 2.39. The van der Waals surface area contributed by atoms with Gasteiger partial charge in [0.25, 0.3) is 0 Å². The average molecular weight is 363 g/mol. The average Bonchev–Trinajstić information content (AvgIpc) is 2.61. The molecule has 0 N–H and O–H groups in total. The summed E-state index contributed by atoms with van der Waals surface area (Å²) in [5.41, 5.74) is -1.02. The van der Waals surface area contributed by atoms with Crippen LogP contribution in [0, 0.1) is 0 Å². The van der Waals surface area contributed by atoms with Crippen LogP contribution in [-0.2, 0) is 16.0 Å². The molecule has 1 fully saturated rings. The zero-order valence-electron chi connectivity index (χ0n) is 13.5. The predicted molar refractivity (Wildman–Crippen MR) is 83.8 cm³/mol. The first kappa shape index (κ1) is 17.5. The van der Waals surface area contributed by atoms with Crippen LogP contribution in [0.1, 0.15) is 25.8 Å². The van der Waals surface area contributed by atoms with E-state index in [4.69, 9.17) is 0 Å². The largest absolute Gasteiger partial charge is 0.417 e. The van der Waals surface area contributed by atoms with Crippen molar-refractivity contribution in [2.75, 3.05) is 30.3 Å². The topological polar surface area (TPSA) is 53.5 Å². The van der Waals surface area contributed by atoms with Gasteiger partial charge in [0, 0.05) is 37.9 Å². The summed E-state index contributed by atoms with van der Waals surface area (Å²) in [5, 5.41) is 0. The number of anilines is 1. The second-order valence-corrected chi connectivity index (χ2v) is 8.66. The number of fused-ring (bicyclic) bond motifs is 3. The molecule has 1 aromatic heterocycles. The van der Waals surface area contributed by atoms with E-state index in [1.165, 1.54) is 0 Å². The van der Waals surface area contributed by atoms with Crippen molar-refractivity contribution < 1.29 is 21.6 Å². The van der Waals surface area contributed by atoms with Gasteiger partial charge in [0.2, 0.25) is 0 Å². The minimum atomic E-state index is -4.61. The number of nitrogens with zero attached hydrogens (tertiary/aromatic N) is 3. The van der Waals surface area contributed by atoms with E-state index in [1.807, 2.05) is 4.90 Å². The van der Waals surface area contributed by atoms with Gasteiger partial charge in [-0.3, -0.25) is 4.90 Å². The standard InChI is InChI=1S/C15H20F3N3O2S/c1-10(2)20-4-5-21-12(9-20)3-6-24(22,23)13-7-11(15(16,17)18)8-19-14(13)21/h7-8,10,12H,3-6,9H2,1-2H3/t12-/m1/s1. The minimum Gasteiger partial charge on any atom is -0.350 e. The van der Waals surface area contributed by atoms with Gasteiger partial charge in [-0.05, 0) is 26.3 Å². The van der Waals surface area contributed by atoms with Gasteiger partial charge < -0.3 is 4.90 Å². The molecule has 1 saturated heterocycles. The molecule has 0 saturated carbocycles. The fourth-order valence-corrected chi connectivity index (χ4v) is 4.87. The molecule has 0 spiro atoms. The van der Waals surface area contributed by atoms with E-state index in [1.54, 1.807) is 0 Å². The molecule has 9 heteroatoms. The van der Waals surface area contributed by atoms with Gasteiger partial charge in [-0.2, -0.15) is 13.2 Å². The maximum absolute atomic E-state index is 12.9. The number of hydrogen-bond donors (Lipinski definition) is 0. The van der Waals surface area contributed by atoms with Crippen molar-refractivity contribution in [3.05, 3.63) is 17.8 Å². The van der Waals surface area contributed by atoms with Gasteiger partial charge in [0.15, 0.2) is 9.84 Å². The summed E-state index contributed by atoms with van der Waals surface area (Å²) in [6, 6.07) is 1.02. The van der Waals surface area contributed by atoms with E-state index >= 15 is 0 Å². The first-order valence-electron chi connectivity index (χ1n) is 7.90. The van der Waals surface area contributed by atoms with E-state index in [0.29, 0.717) is 25.6 Å². The summed E-state index contributed by atoms with van der Waals surface area (Å²) in [7, 11) is -3.78. The molecular weight excluding hydrogens is 343 g/mol. The van der Waals surface area contributed by atoms with Gasteiger partial charge in [0.05, 0.1) is 11.3 Å². The fraction of sp³-hybridized carbons (Fsp3) is 0.667. The summed E-state index contributed by atoms with van der Waals surface area (Å²) in [6.07, 6.45) is -3.49. The van der Waals surface area contributed by atoms with Gasteiger partial charge in [0.1, 0.15) is 10.7 Å². The maximum Gasteiger partial charge on any atom is 0.417 e. The fourth-order valence-electron chi connectivity index (χ4n) is 3.31. The van der Waals surface area contributed by atoms with E-state index in [9.17, 15) is 21.6 Å². The van der Waals surface area contributed by atoms with Crippen LogP contribution in [0.5, 0.6) is 0 Å². The second-order valence-electron chi connectivity index (χ2n) is 6.59. The number of alkyl halides is 3. The summed E-state index contributed by atoms with van der Waals surface area (Å²) in [6.45, 7) is 6.13. The Bertz CT molecular complexity index is 734. The van der Waals surface area contributed by atoms with Gasteiger partial charge in [-0.1, -0.05) is 0 Å². The molecule has 0 amide bonds. The molecule has 2 aliphatic rings. The quantitative estimate of drug-likeness (QED) is 0.766. The molecule has 1 aromatic rings. The van der Waals surface area contributed by atoms with Crippen molar-refractivity contribution in [1.82, 2.24) is 9.88 Å². The van der Waals surface area contributed by atoms with E-state index in [-0.39, 0.29) is 22.5 Å². The van der Waals surface area contributed by atoms with E-state index < -0.39 is 21.6 Å². The van der Waals surface area contributed by atoms with Crippen molar-refractivity contribution in [2.45, 2.75) is 43.4 Å². The molecule has 5 nitrogen and oxygen atoms in total. The van der Waals surface area contributed by atoms with E-state index in [0.717, 1.165) is 18.8 Å². The zero-order valence-corrected chi connectivity index (χ0v) is 14.4. The monoisotopic (exact) mass is 363 g/mol. The van der Waals surface area contributed by atoms with Crippen LogP contribution in [0.3, 0.4) is 0 Å². The van der Waals surface area contributed by atoms with Crippen molar-refractivity contribution >= 4 is 15.7 Å². The summed E-state index contributed by atoms with van der Waals surface area (Å²) in [4.78, 5) is 7.72. The van der Waals surface area contributed by atoms with Crippen molar-refractivity contribution in [1.29, 1.82) is 0 Å². The Hall–Kier alpha value is -1.35. The molecule has 2 aliphatic heterocycles. The SMILES string of the molecule is CC(C)N1CCN2c3ncc(C(F)(F)F)cc3S(=O)(=O)CC[C@@H]2C1. The molecule has 0 bridgehead atoms. The Labute approximate surface area is 139 Å². The lowest BCUT2D eigenvalue weighted by atomic mass is 10.1. The predicted octanol–water partition coefficient (Wildman–Crippen LogP) is 2.18. The number of piperazine rings is 1. The first-order chi connectivity index (χ1) is 11.1. The van der Waals surface area contributed by atoms with Crippen LogP contribution in [0.4, 0.5) is 19.0 Å². The molecule has 134 valence electrons. The second kappa shape index (κ2) is 5.87. The highest BCUT2D eigenvalue weighted by Crippen LogP contribution is 2.37. The van der Waals surface area contributed by atoms with E-state index in [2.05, 4.69) is 23.7 Å². The number of hydrogen-bond acceptors (Lipinski definition) is 5. The molecule has 0 aromatic carbocycles. The molecule has 0 aliphatic carbocycles. The third-order valence-corrected chi connectivity index (χ3v) is 6.48. The Morgan fingerprint density at radius 2 is 2.00 bits per heavy atom. The number of aromatic nitrogens is 1. The number of rotatable bonds is 1. The Balaban J connectivity index is 2.04. The number of sulfone groups is 1. The summed E-state index contributed by atoms with van der Waals surface area (Å²) in [5.74, 6) is 0.00437. The molecule has 0 unspecified atom stereocenters. The Morgan fingerprint density at radius 1 is 1.29 bits per heavy atom. The maximum atomic E-state index is 12.9. The molecule has 3 rings (SSSR count). The molecule has 3 heterocycles. The molecule has 1 atom stereocenters. The van der Waals surface area contributed by atoms with Crippen molar-refractivity contribution in [2.24, 2.45) is 0 Å². The van der Waals surface area contributed by atoms with Gasteiger partial charge >= 0.3 is 6.18 Å². The van der Waals surface area contributed by atoms with Gasteiger partial charge in [-0.25, -0.2) is 13.4 Å². The highest BCUT2D eigenvalue weighted by atomic mass is 32.2. The van der Waals surface area contributed by atoms with Crippen LogP contribution >= 0.6 is 0 Å². The van der Waals surface area contributed by atoms with Crippen molar-refractivity contribution in [3.8, 4) is 0 Å². The van der Waals surface area contributed by atoms with Crippen LogP contribution in [0.2, 0.25) is 0 Å². The summed E-state index contributed by atoms with van der Waals surface area (Å²) < 4.78 is 63.8. The highest BCUT2D eigenvalue weighted by molar-refractivity contribution is 7.91. The lowest BCUT2D eigenvalue weighted by Crippen LogP contribution is -2.55. The van der Waals surface area contributed by atoms with Gasteiger partial charge in [-0.15, -0.1) is 0 Å². The third kappa shape index (κ3) is 3.11. The molecule has 24 heavy (non-hydrogen) atoms. The number of pyridine rings is 1. The van der Waals surface area contributed by atoms with Crippen molar-refractivity contribution in [3.63, 3.8) is 0 Å². The normalized spacial score (nSPS) is 24.4. The number of halogens is 3. The third-order valence-electron chi connectivity index (χ3n) is 4.73. The lowest BCUT2D eigenvalue weighted by Gasteiger charge is -2.43. The molecular formula is C15H20F3N3O2S. The van der Waals surface area contributed by atoms with Crippen LogP contribution < -0.4 is 4.90 Å². The van der Waals surface area contributed by atoms with Crippen LogP contribution in [-0.4, -0.2) is 55.8 Å². The Kier molecular flexibility index (Phi) is 4.28. The van der Waals surface area contributed by atoms with Crippen LogP contribution in [0.15, 0.2) is 17.2 Å². The molecule has 0 radical (unpaired) electrons. The Morgan fingerprint density at radius 3 is 2.62 bits per heavy atom.